The van der Waals surface area contributed by atoms with E-state index in [1.54, 1.807) is 4.57 Å². The number of nitrogens with one attached hydrogen (secondary N) is 1. The monoisotopic (exact) mass is 375 g/mol. The molecule has 1 aromatic heterocycles. The van der Waals surface area contributed by atoms with Crippen LogP contribution in [-0.2, 0) is 18.4 Å². The Kier molecular flexibility index (Phi) is 5.21. The summed E-state index contributed by atoms with van der Waals surface area (Å²) in [7, 11) is 1.82. The zero-order chi connectivity index (χ0) is 19.2. The fourth-order valence-corrected chi connectivity index (χ4v) is 4.13. The molecule has 2 atom stereocenters. The van der Waals surface area contributed by atoms with Gasteiger partial charge < -0.3 is 4.55 Å². The lowest BCUT2D eigenvalue weighted by atomic mass is 9.84. The Morgan fingerprint density at radius 2 is 2.00 bits per heavy atom. The summed E-state index contributed by atoms with van der Waals surface area (Å²) < 4.78 is 17.1. The number of benzene rings is 1. The van der Waals surface area contributed by atoms with Gasteiger partial charge in [0, 0.05) is 29.9 Å². The molecule has 0 saturated heterocycles. The summed E-state index contributed by atoms with van der Waals surface area (Å²) in [4.78, 5) is 17.9. The molecule has 0 spiro atoms. The van der Waals surface area contributed by atoms with E-state index in [9.17, 15) is 9.35 Å². The maximum absolute atomic E-state index is 12.9. The maximum atomic E-state index is 12.9. The van der Waals surface area contributed by atoms with Crippen LogP contribution in [0.5, 0.6) is 0 Å². The van der Waals surface area contributed by atoms with Crippen molar-refractivity contribution in [1.29, 1.82) is 0 Å². The van der Waals surface area contributed by atoms with Crippen molar-refractivity contribution in [3.05, 3.63) is 39.4 Å². The number of rotatable bonds is 4. The van der Waals surface area contributed by atoms with Gasteiger partial charge in [-0.1, -0.05) is 12.5 Å². The fourth-order valence-electron chi connectivity index (χ4n) is 3.33. The number of nitrogens with zero attached hydrogens (tertiary/aromatic N) is 2. The summed E-state index contributed by atoms with van der Waals surface area (Å²) >= 11 is -1.19. The van der Waals surface area contributed by atoms with Gasteiger partial charge in [-0.2, -0.15) is 0 Å². The van der Waals surface area contributed by atoms with Crippen molar-refractivity contribution in [1.82, 2.24) is 14.3 Å². The normalized spacial score (nSPS) is 18.0. The molecule has 1 aliphatic rings. The van der Waals surface area contributed by atoms with Crippen molar-refractivity contribution < 1.29 is 4.55 Å². The van der Waals surface area contributed by atoms with E-state index < -0.39 is 11.4 Å². The third-order valence-corrected chi connectivity index (χ3v) is 6.85. The first-order chi connectivity index (χ1) is 12.1. The zero-order valence-electron chi connectivity index (χ0n) is 16.5. The average molecular weight is 376 g/mol. The number of hydrogen-bond donors (Lipinski definition) is 1. The van der Waals surface area contributed by atoms with Gasteiger partial charge in [0.05, 0.1) is 16.9 Å². The first-order valence-corrected chi connectivity index (χ1v) is 10.4. The van der Waals surface area contributed by atoms with Crippen LogP contribution in [0.25, 0.3) is 10.9 Å². The number of hydrogen-bond acceptors (Lipinski definition) is 4. The molecule has 1 saturated carbocycles. The second-order valence-electron chi connectivity index (χ2n) is 8.43. The van der Waals surface area contributed by atoms with Crippen LogP contribution in [0, 0.1) is 6.92 Å². The molecule has 1 heterocycles. The van der Waals surface area contributed by atoms with E-state index in [1.807, 2.05) is 47.7 Å². The molecule has 1 N–H and O–H groups in total. The minimum Gasteiger partial charge on any atom is -0.598 e. The SMILES string of the molecule is Cc1cc(C(C)N[S@+]([O-])C(C)(C)C)c2nc(C3CCC3)n(C)c(=O)c2c1. The second kappa shape index (κ2) is 6.98. The van der Waals surface area contributed by atoms with E-state index in [0.29, 0.717) is 11.3 Å². The maximum Gasteiger partial charge on any atom is 0.261 e. The first-order valence-electron chi connectivity index (χ1n) is 9.29. The second-order valence-corrected chi connectivity index (χ2v) is 10.4. The molecule has 1 aromatic carbocycles. The smallest absolute Gasteiger partial charge is 0.261 e. The van der Waals surface area contributed by atoms with Gasteiger partial charge >= 0.3 is 0 Å². The Hall–Kier alpha value is -1.37. The summed E-state index contributed by atoms with van der Waals surface area (Å²) in [6.07, 6.45) is 3.38. The molecule has 1 unspecified atom stereocenters. The highest BCUT2D eigenvalue weighted by Gasteiger charge is 2.30. The van der Waals surface area contributed by atoms with E-state index in [1.165, 1.54) is 6.42 Å². The Bertz CT molecular complexity index is 881. The highest BCUT2D eigenvalue weighted by Crippen LogP contribution is 2.36. The number of fused-ring (bicyclic) bond motifs is 1. The molecular formula is C20H29N3O2S. The van der Waals surface area contributed by atoms with E-state index in [0.717, 1.165) is 35.3 Å². The minimum absolute atomic E-state index is 0.00555. The zero-order valence-corrected chi connectivity index (χ0v) is 17.4. The van der Waals surface area contributed by atoms with Gasteiger partial charge in [0.2, 0.25) is 0 Å². The predicted molar refractivity (Wildman–Crippen MR) is 108 cm³/mol. The van der Waals surface area contributed by atoms with Crippen molar-refractivity contribution >= 4 is 22.3 Å². The van der Waals surface area contributed by atoms with Gasteiger partial charge in [0.1, 0.15) is 10.6 Å². The van der Waals surface area contributed by atoms with Crippen LogP contribution in [0.1, 0.15) is 75.9 Å². The van der Waals surface area contributed by atoms with Crippen molar-refractivity contribution in [2.45, 2.75) is 70.6 Å². The summed E-state index contributed by atoms with van der Waals surface area (Å²) in [5, 5.41) is 0.640. The van der Waals surface area contributed by atoms with Crippen molar-refractivity contribution in [3.8, 4) is 0 Å². The number of aromatic nitrogens is 2. The summed E-state index contributed by atoms with van der Waals surface area (Å²) in [5.74, 6) is 1.25. The van der Waals surface area contributed by atoms with E-state index in [-0.39, 0.29) is 16.3 Å². The van der Waals surface area contributed by atoms with Gasteiger partial charge in [-0.05, 0) is 59.1 Å². The van der Waals surface area contributed by atoms with Gasteiger partial charge in [0.15, 0.2) is 0 Å². The van der Waals surface area contributed by atoms with Crippen molar-refractivity contribution in [2.75, 3.05) is 0 Å². The van der Waals surface area contributed by atoms with Gasteiger partial charge in [-0.15, -0.1) is 4.72 Å². The lowest BCUT2D eigenvalue weighted by molar-refractivity contribution is 0.388. The Morgan fingerprint density at radius 1 is 1.35 bits per heavy atom. The Morgan fingerprint density at radius 3 is 2.54 bits per heavy atom. The molecule has 6 heteroatoms. The molecular weight excluding hydrogens is 346 g/mol. The molecule has 142 valence electrons. The lowest BCUT2D eigenvalue weighted by Crippen LogP contribution is -2.40. The Labute approximate surface area is 158 Å². The topological polar surface area (TPSA) is 70.0 Å². The standard InChI is InChI=1S/C20H29N3O2S/c1-12-10-15(13(2)22-26(25)20(3,4)5)17-16(11-12)19(24)23(6)18(21-17)14-8-7-9-14/h10-11,13-14,22H,7-9H2,1-6H3/t13?,26-/m1/s1. The molecule has 1 fully saturated rings. The van der Waals surface area contributed by atoms with Crippen LogP contribution in [0.3, 0.4) is 0 Å². The van der Waals surface area contributed by atoms with Crippen LogP contribution in [0.2, 0.25) is 0 Å². The molecule has 0 radical (unpaired) electrons. The van der Waals surface area contributed by atoms with Crippen LogP contribution in [-0.4, -0.2) is 18.9 Å². The first kappa shape index (κ1) is 19.4. The van der Waals surface area contributed by atoms with Crippen LogP contribution in [0.15, 0.2) is 16.9 Å². The van der Waals surface area contributed by atoms with E-state index in [4.69, 9.17) is 4.98 Å². The fraction of sp³-hybridized carbons (Fsp3) is 0.600. The highest BCUT2D eigenvalue weighted by atomic mass is 32.2. The van der Waals surface area contributed by atoms with Crippen LogP contribution >= 0.6 is 0 Å². The molecule has 1 aliphatic carbocycles. The van der Waals surface area contributed by atoms with Crippen molar-refractivity contribution in [2.24, 2.45) is 7.05 Å². The van der Waals surface area contributed by atoms with Crippen molar-refractivity contribution in [3.63, 3.8) is 0 Å². The molecule has 5 nitrogen and oxygen atoms in total. The summed E-state index contributed by atoms with van der Waals surface area (Å²) in [6.45, 7) is 9.80. The van der Waals surface area contributed by atoms with Crippen LogP contribution < -0.4 is 10.3 Å². The summed E-state index contributed by atoms with van der Waals surface area (Å²) in [5.41, 5.74) is 2.70. The van der Waals surface area contributed by atoms with E-state index in [2.05, 4.69) is 10.8 Å². The van der Waals surface area contributed by atoms with E-state index >= 15 is 0 Å². The third-order valence-electron chi connectivity index (χ3n) is 5.17. The summed E-state index contributed by atoms with van der Waals surface area (Å²) in [6, 6.07) is 3.80. The molecule has 0 bridgehead atoms. The molecule has 26 heavy (non-hydrogen) atoms. The van der Waals surface area contributed by atoms with Gasteiger partial charge in [-0.3, -0.25) is 9.36 Å². The Balaban J connectivity index is 2.12. The van der Waals surface area contributed by atoms with Crippen LogP contribution in [0.4, 0.5) is 0 Å². The van der Waals surface area contributed by atoms with Gasteiger partial charge in [-0.25, -0.2) is 4.98 Å². The quantitative estimate of drug-likeness (QED) is 0.829. The van der Waals surface area contributed by atoms with Gasteiger partial charge in [0.25, 0.3) is 5.56 Å². The largest absolute Gasteiger partial charge is 0.598 e. The molecule has 2 aromatic rings. The predicted octanol–water partition coefficient (Wildman–Crippen LogP) is 3.62. The third kappa shape index (κ3) is 3.55. The molecule has 3 rings (SSSR count). The minimum atomic E-state index is -1.19. The average Bonchev–Trinajstić information content (AvgIpc) is 2.49. The number of aryl methyl sites for hydroxylation is 1. The molecule has 0 aliphatic heterocycles. The highest BCUT2D eigenvalue weighted by molar-refractivity contribution is 7.90. The molecule has 0 amide bonds. The lowest BCUT2D eigenvalue weighted by Gasteiger charge is -2.28.